The Hall–Kier alpha value is -2.83. The Kier molecular flexibility index (Phi) is 5.46. The fraction of sp³-hybridized carbons (Fsp3) is 0.320. The molecule has 4 heterocycles. The van der Waals surface area contributed by atoms with E-state index in [4.69, 9.17) is 23.2 Å². The summed E-state index contributed by atoms with van der Waals surface area (Å²) in [4.78, 5) is 29.4. The molecule has 6 nitrogen and oxygen atoms in total. The molecular weight excluding hydrogens is 459 g/mol. The molecule has 1 spiro atoms. The first kappa shape index (κ1) is 22.0. The third-order valence-corrected chi connectivity index (χ3v) is 7.44. The number of hydrogen-bond donors (Lipinski definition) is 0. The molecule has 2 fully saturated rings. The Bertz CT molecular complexity index is 1280. The van der Waals surface area contributed by atoms with Crippen LogP contribution in [0.1, 0.15) is 30.3 Å². The number of benzene rings is 1. The third kappa shape index (κ3) is 3.71. The van der Waals surface area contributed by atoms with Gasteiger partial charge in [-0.3, -0.25) is 9.59 Å². The molecule has 170 valence electrons. The number of aromatic nitrogens is 2. The minimum Gasteiger partial charge on any atom is -0.338 e. The molecule has 33 heavy (non-hydrogen) atoms. The molecule has 1 atom stereocenters. The summed E-state index contributed by atoms with van der Waals surface area (Å²) in [6, 6.07) is 11.1. The normalized spacial score (nSPS) is 19.5. The molecule has 5 rings (SSSR count). The SMILES string of the molecule is C=CC(=O)N1CC2(CCN(C(=O)c3nn4cc(Cl)ccc4c3-c3ccccc3Cl)[C@@H](C)C2)C1. The molecular formula is C25H24Cl2N4O2. The second-order valence-corrected chi connectivity index (χ2v) is 9.92. The summed E-state index contributed by atoms with van der Waals surface area (Å²) in [7, 11) is 0. The van der Waals surface area contributed by atoms with Crippen molar-refractivity contribution in [3.8, 4) is 11.1 Å². The van der Waals surface area contributed by atoms with Crippen LogP contribution in [0.4, 0.5) is 0 Å². The molecule has 3 aromatic rings. The first-order chi connectivity index (χ1) is 15.8. The Balaban J connectivity index is 1.47. The number of nitrogens with zero attached hydrogens (tertiary/aromatic N) is 4. The number of carbonyl (C=O) groups excluding carboxylic acids is 2. The number of halogens is 2. The van der Waals surface area contributed by atoms with E-state index < -0.39 is 0 Å². The van der Waals surface area contributed by atoms with Crippen molar-refractivity contribution in [2.24, 2.45) is 5.41 Å². The molecule has 2 aromatic heterocycles. The molecule has 8 heteroatoms. The smallest absolute Gasteiger partial charge is 0.275 e. The van der Waals surface area contributed by atoms with Crippen LogP contribution in [0.5, 0.6) is 0 Å². The van der Waals surface area contributed by atoms with Crippen molar-refractivity contribution in [1.29, 1.82) is 0 Å². The van der Waals surface area contributed by atoms with Gasteiger partial charge in [-0.25, -0.2) is 4.52 Å². The van der Waals surface area contributed by atoms with E-state index in [2.05, 4.69) is 18.6 Å². The predicted octanol–water partition coefficient (Wildman–Crippen LogP) is 4.95. The average molecular weight is 483 g/mol. The summed E-state index contributed by atoms with van der Waals surface area (Å²) in [6.45, 7) is 7.71. The van der Waals surface area contributed by atoms with Gasteiger partial charge in [0, 0.05) is 53.4 Å². The maximum atomic E-state index is 13.8. The molecule has 2 aliphatic rings. The van der Waals surface area contributed by atoms with Gasteiger partial charge >= 0.3 is 0 Å². The van der Waals surface area contributed by atoms with Crippen LogP contribution in [0, 0.1) is 5.41 Å². The van der Waals surface area contributed by atoms with Crippen molar-refractivity contribution in [2.75, 3.05) is 19.6 Å². The third-order valence-electron chi connectivity index (χ3n) is 6.88. The highest BCUT2D eigenvalue weighted by molar-refractivity contribution is 6.34. The topological polar surface area (TPSA) is 57.9 Å². The van der Waals surface area contributed by atoms with Gasteiger partial charge in [-0.1, -0.05) is 48.0 Å². The summed E-state index contributed by atoms with van der Waals surface area (Å²) in [5, 5.41) is 5.73. The van der Waals surface area contributed by atoms with E-state index in [1.807, 2.05) is 40.1 Å². The quantitative estimate of drug-likeness (QED) is 0.496. The second kappa shape index (κ2) is 8.19. The zero-order chi connectivity index (χ0) is 23.3. The highest BCUT2D eigenvalue weighted by Crippen LogP contribution is 2.44. The standard InChI is InChI=1S/C25H24Cl2N4O2/c1-3-21(32)29-14-25(15-29)10-11-30(16(2)12-25)24(33)23-22(18-6-4-5-7-19(18)27)20-9-8-17(26)13-31(20)28-23/h3-9,13,16H,1,10-12,14-15H2,2H3/t16-/m0/s1. The number of hydrogen-bond acceptors (Lipinski definition) is 3. The van der Waals surface area contributed by atoms with Crippen LogP contribution in [-0.2, 0) is 4.79 Å². The fourth-order valence-corrected chi connectivity index (χ4v) is 5.68. The van der Waals surface area contributed by atoms with Crippen molar-refractivity contribution in [1.82, 2.24) is 19.4 Å². The zero-order valence-electron chi connectivity index (χ0n) is 18.3. The van der Waals surface area contributed by atoms with Crippen molar-refractivity contribution >= 4 is 40.5 Å². The first-order valence-corrected chi connectivity index (χ1v) is 11.7. The minimum atomic E-state index is -0.120. The number of fused-ring (bicyclic) bond motifs is 1. The summed E-state index contributed by atoms with van der Waals surface area (Å²) in [6.07, 6.45) is 4.76. The molecule has 1 aromatic carbocycles. The summed E-state index contributed by atoms with van der Waals surface area (Å²) < 4.78 is 1.65. The molecule has 0 radical (unpaired) electrons. The largest absolute Gasteiger partial charge is 0.338 e. The fourth-order valence-electron chi connectivity index (χ4n) is 5.29. The van der Waals surface area contributed by atoms with Gasteiger partial charge in [-0.15, -0.1) is 0 Å². The van der Waals surface area contributed by atoms with Crippen LogP contribution in [-0.4, -0.2) is 56.9 Å². The lowest BCUT2D eigenvalue weighted by molar-refractivity contribution is -0.142. The van der Waals surface area contributed by atoms with Crippen molar-refractivity contribution in [3.63, 3.8) is 0 Å². The summed E-state index contributed by atoms with van der Waals surface area (Å²) >= 11 is 12.7. The Morgan fingerprint density at radius 2 is 1.94 bits per heavy atom. The van der Waals surface area contributed by atoms with Crippen LogP contribution < -0.4 is 0 Å². The van der Waals surface area contributed by atoms with Gasteiger partial charge in [0.2, 0.25) is 5.91 Å². The lowest BCUT2D eigenvalue weighted by Gasteiger charge is -2.55. The maximum absolute atomic E-state index is 13.8. The van der Waals surface area contributed by atoms with E-state index in [0.29, 0.717) is 27.8 Å². The second-order valence-electron chi connectivity index (χ2n) is 9.08. The lowest BCUT2D eigenvalue weighted by atomic mass is 9.69. The van der Waals surface area contributed by atoms with Gasteiger partial charge in [0.15, 0.2) is 5.69 Å². The van der Waals surface area contributed by atoms with Crippen LogP contribution in [0.2, 0.25) is 10.0 Å². The van der Waals surface area contributed by atoms with Gasteiger partial charge in [0.1, 0.15) is 0 Å². The van der Waals surface area contributed by atoms with E-state index in [0.717, 1.165) is 37.0 Å². The zero-order valence-corrected chi connectivity index (χ0v) is 19.8. The molecule has 0 unspecified atom stereocenters. The highest BCUT2D eigenvalue weighted by Gasteiger charge is 2.49. The minimum absolute atomic E-state index is 0.0275. The monoisotopic (exact) mass is 482 g/mol. The van der Waals surface area contributed by atoms with Gasteiger partial charge in [0.25, 0.3) is 5.91 Å². The summed E-state index contributed by atoms with van der Waals surface area (Å²) in [5.74, 6) is -0.148. The molecule has 2 saturated heterocycles. The molecule has 0 N–H and O–H groups in total. The van der Waals surface area contributed by atoms with Crippen LogP contribution in [0.15, 0.2) is 55.3 Å². The number of likely N-dealkylation sites (tertiary alicyclic amines) is 2. The highest BCUT2D eigenvalue weighted by atomic mass is 35.5. The number of rotatable bonds is 3. The van der Waals surface area contributed by atoms with E-state index in [-0.39, 0.29) is 23.3 Å². The number of piperidine rings is 1. The predicted molar refractivity (Wildman–Crippen MR) is 130 cm³/mol. The molecule has 0 saturated carbocycles. The van der Waals surface area contributed by atoms with Crippen LogP contribution in [0.25, 0.3) is 16.6 Å². The Morgan fingerprint density at radius 1 is 1.18 bits per heavy atom. The summed E-state index contributed by atoms with van der Waals surface area (Å²) in [5.41, 5.74) is 2.69. The Labute approximate surface area is 202 Å². The molecule has 0 bridgehead atoms. The molecule has 0 aliphatic carbocycles. The van der Waals surface area contributed by atoms with E-state index in [1.165, 1.54) is 6.08 Å². The van der Waals surface area contributed by atoms with E-state index in [1.54, 1.807) is 16.8 Å². The van der Waals surface area contributed by atoms with Crippen LogP contribution >= 0.6 is 23.2 Å². The number of carbonyl (C=O) groups is 2. The Morgan fingerprint density at radius 3 is 2.64 bits per heavy atom. The first-order valence-electron chi connectivity index (χ1n) is 11.0. The van der Waals surface area contributed by atoms with Crippen molar-refractivity contribution in [2.45, 2.75) is 25.8 Å². The molecule has 2 amide bonds. The van der Waals surface area contributed by atoms with Gasteiger partial charge in [-0.05, 0) is 44.0 Å². The average Bonchev–Trinajstić information content (AvgIpc) is 3.15. The van der Waals surface area contributed by atoms with Crippen LogP contribution in [0.3, 0.4) is 0 Å². The van der Waals surface area contributed by atoms with Crippen molar-refractivity contribution < 1.29 is 9.59 Å². The van der Waals surface area contributed by atoms with E-state index in [9.17, 15) is 9.59 Å². The van der Waals surface area contributed by atoms with Gasteiger partial charge < -0.3 is 9.80 Å². The van der Waals surface area contributed by atoms with Gasteiger partial charge in [-0.2, -0.15) is 5.10 Å². The van der Waals surface area contributed by atoms with E-state index >= 15 is 0 Å². The van der Waals surface area contributed by atoms with Gasteiger partial charge in [0.05, 0.1) is 10.5 Å². The number of pyridine rings is 1. The maximum Gasteiger partial charge on any atom is 0.275 e. The molecule has 2 aliphatic heterocycles. The lowest BCUT2D eigenvalue weighted by Crippen LogP contribution is -2.63. The number of amides is 2. The van der Waals surface area contributed by atoms with Crippen molar-refractivity contribution in [3.05, 3.63) is 71.0 Å².